The molecule has 0 radical (unpaired) electrons. The molecule has 0 aromatic carbocycles. The average Bonchev–Trinajstić information content (AvgIpc) is 2.92. The van der Waals surface area contributed by atoms with Crippen LogP contribution >= 0.6 is 0 Å². The molecule has 0 bridgehead atoms. The van der Waals surface area contributed by atoms with Gasteiger partial charge in [0.25, 0.3) is 0 Å². The first-order valence-corrected chi connectivity index (χ1v) is 9.06. The molecule has 116 valence electrons. The van der Waals surface area contributed by atoms with E-state index in [1.807, 2.05) is 0 Å². The number of hydrogen-bond acceptors (Lipinski definition) is 3. The van der Waals surface area contributed by atoms with Gasteiger partial charge >= 0.3 is 0 Å². The smallest absolute Gasteiger partial charge is 0.222 e. The van der Waals surface area contributed by atoms with Gasteiger partial charge in [-0.05, 0) is 32.1 Å². The summed E-state index contributed by atoms with van der Waals surface area (Å²) in [6.45, 7) is 2.21. The standard InChI is InChI=1S/C17H28N4/c1-2-8-15-19-16-18-14-10-5-4-9-13(14)17(21(16)20-15)11-6-3-7-12-17/h13-14H,2-12H2,1H3,(H,18,19,20)/t13-,14+/m1/s1. The van der Waals surface area contributed by atoms with Crippen LogP contribution in [0.15, 0.2) is 0 Å². The van der Waals surface area contributed by atoms with Gasteiger partial charge in [0, 0.05) is 18.4 Å². The second-order valence-electron chi connectivity index (χ2n) is 7.32. The van der Waals surface area contributed by atoms with Crippen LogP contribution < -0.4 is 5.32 Å². The van der Waals surface area contributed by atoms with Gasteiger partial charge in [0.1, 0.15) is 0 Å². The van der Waals surface area contributed by atoms with Crippen LogP contribution in [0.4, 0.5) is 5.95 Å². The molecule has 1 spiro atoms. The van der Waals surface area contributed by atoms with E-state index < -0.39 is 0 Å². The Hall–Kier alpha value is -1.06. The largest absolute Gasteiger partial charge is 0.351 e. The van der Waals surface area contributed by atoms with E-state index in [0.717, 1.165) is 30.5 Å². The SMILES string of the molecule is CCCc1nc2n(n1)C1(CCCCC1)[C@@H]1CCCC[C@@H]1N2. The second kappa shape index (κ2) is 5.29. The molecule has 3 aliphatic rings. The number of rotatable bonds is 2. The molecular formula is C17H28N4. The zero-order valence-electron chi connectivity index (χ0n) is 13.3. The Morgan fingerprint density at radius 3 is 2.76 bits per heavy atom. The Morgan fingerprint density at radius 1 is 1.14 bits per heavy atom. The van der Waals surface area contributed by atoms with E-state index >= 15 is 0 Å². The summed E-state index contributed by atoms with van der Waals surface area (Å²) in [5.74, 6) is 2.89. The highest BCUT2D eigenvalue weighted by Crippen LogP contribution is 2.50. The first-order valence-electron chi connectivity index (χ1n) is 9.06. The van der Waals surface area contributed by atoms with Gasteiger partial charge < -0.3 is 5.32 Å². The number of fused-ring (bicyclic) bond motifs is 4. The van der Waals surface area contributed by atoms with Crippen molar-refractivity contribution >= 4 is 5.95 Å². The van der Waals surface area contributed by atoms with Gasteiger partial charge in [0.05, 0.1) is 5.54 Å². The van der Waals surface area contributed by atoms with E-state index in [4.69, 9.17) is 10.1 Å². The normalized spacial score (nSPS) is 30.5. The monoisotopic (exact) mass is 288 g/mol. The lowest BCUT2D eigenvalue weighted by Crippen LogP contribution is -2.55. The van der Waals surface area contributed by atoms with Crippen molar-refractivity contribution in [2.75, 3.05) is 5.32 Å². The number of anilines is 1. The quantitative estimate of drug-likeness (QED) is 0.898. The Bertz CT molecular complexity index is 501. The van der Waals surface area contributed by atoms with E-state index in [9.17, 15) is 0 Å². The van der Waals surface area contributed by atoms with Gasteiger partial charge in [-0.3, -0.25) is 0 Å². The predicted molar refractivity (Wildman–Crippen MR) is 84.4 cm³/mol. The van der Waals surface area contributed by atoms with Crippen molar-refractivity contribution in [1.82, 2.24) is 14.8 Å². The van der Waals surface area contributed by atoms with Crippen LogP contribution in [-0.4, -0.2) is 20.8 Å². The Kier molecular flexibility index (Phi) is 3.43. The van der Waals surface area contributed by atoms with E-state index in [1.54, 1.807) is 0 Å². The lowest BCUT2D eigenvalue weighted by atomic mass is 9.64. The molecule has 2 heterocycles. The number of hydrogen-bond donors (Lipinski definition) is 1. The molecule has 1 aliphatic heterocycles. The van der Waals surface area contributed by atoms with Crippen LogP contribution in [0.5, 0.6) is 0 Å². The summed E-state index contributed by atoms with van der Waals surface area (Å²) in [4.78, 5) is 4.82. The van der Waals surface area contributed by atoms with Crippen LogP contribution in [0.3, 0.4) is 0 Å². The third kappa shape index (κ3) is 2.09. The summed E-state index contributed by atoms with van der Waals surface area (Å²) >= 11 is 0. The molecule has 2 aliphatic carbocycles. The van der Waals surface area contributed by atoms with Crippen molar-refractivity contribution < 1.29 is 0 Å². The molecule has 4 rings (SSSR count). The number of aromatic nitrogens is 3. The Morgan fingerprint density at radius 2 is 1.95 bits per heavy atom. The highest BCUT2D eigenvalue weighted by atomic mass is 15.5. The fourth-order valence-electron chi connectivity index (χ4n) is 5.10. The molecule has 0 saturated heterocycles. The van der Waals surface area contributed by atoms with Gasteiger partial charge in [0.15, 0.2) is 5.82 Å². The van der Waals surface area contributed by atoms with Crippen molar-refractivity contribution in [2.45, 2.75) is 89.1 Å². The maximum Gasteiger partial charge on any atom is 0.222 e. The minimum atomic E-state index is 0.281. The number of nitrogens with zero attached hydrogens (tertiary/aromatic N) is 3. The van der Waals surface area contributed by atoms with Crippen LogP contribution in [-0.2, 0) is 12.0 Å². The topological polar surface area (TPSA) is 42.7 Å². The highest BCUT2D eigenvalue weighted by Gasteiger charge is 2.50. The fourth-order valence-corrected chi connectivity index (χ4v) is 5.10. The molecule has 2 atom stereocenters. The van der Waals surface area contributed by atoms with Gasteiger partial charge in [-0.2, -0.15) is 10.1 Å². The molecule has 4 heteroatoms. The van der Waals surface area contributed by atoms with Gasteiger partial charge in [-0.15, -0.1) is 0 Å². The Balaban J connectivity index is 1.77. The summed E-state index contributed by atoms with van der Waals surface area (Å²) in [5.41, 5.74) is 0.281. The summed E-state index contributed by atoms with van der Waals surface area (Å²) in [5, 5.41) is 8.69. The summed E-state index contributed by atoms with van der Waals surface area (Å²) in [6, 6.07) is 0.642. The van der Waals surface area contributed by atoms with Gasteiger partial charge in [-0.25, -0.2) is 4.68 Å². The fraction of sp³-hybridized carbons (Fsp3) is 0.882. The molecule has 21 heavy (non-hydrogen) atoms. The minimum Gasteiger partial charge on any atom is -0.351 e. The molecule has 2 fully saturated rings. The molecule has 1 aromatic rings. The number of nitrogens with one attached hydrogen (secondary N) is 1. The molecule has 2 saturated carbocycles. The summed E-state index contributed by atoms with van der Waals surface area (Å²) in [7, 11) is 0. The van der Waals surface area contributed by atoms with Crippen molar-refractivity contribution in [3.63, 3.8) is 0 Å². The lowest BCUT2D eigenvalue weighted by Gasteiger charge is -2.52. The van der Waals surface area contributed by atoms with E-state index in [2.05, 4.69) is 16.9 Å². The van der Waals surface area contributed by atoms with E-state index in [-0.39, 0.29) is 5.54 Å². The molecule has 1 aromatic heterocycles. The maximum atomic E-state index is 4.95. The van der Waals surface area contributed by atoms with Crippen molar-refractivity contribution in [2.24, 2.45) is 5.92 Å². The molecule has 4 nitrogen and oxygen atoms in total. The van der Waals surface area contributed by atoms with Gasteiger partial charge in [-0.1, -0.05) is 39.0 Å². The average molecular weight is 288 g/mol. The lowest BCUT2D eigenvalue weighted by molar-refractivity contribution is 0.0451. The number of aryl methyl sites for hydroxylation is 1. The van der Waals surface area contributed by atoms with Crippen molar-refractivity contribution in [3.8, 4) is 0 Å². The van der Waals surface area contributed by atoms with Crippen LogP contribution in [0.25, 0.3) is 0 Å². The maximum absolute atomic E-state index is 4.95. The van der Waals surface area contributed by atoms with Crippen LogP contribution in [0.1, 0.15) is 77.0 Å². The first kappa shape index (κ1) is 13.6. The zero-order valence-corrected chi connectivity index (χ0v) is 13.3. The first-order chi connectivity index (χ1) is 10.3. The highest BCUT2D eigenvalue weighted by molar-refractivity contribution is 5.34. The predicted octanol–water partition coefficient (Wildman–Crippen LogP) is 3.87. The minimum absolute atomic E-state index is 0.281. The van der Waals surface area contributed by atoms with Crippen LogP contribution in [0, 0.1) is 5.92 Å². The third-order valence-electron chi connectivity index (χ3n) is 6.04. The van der Waals surface area contributed by atoms with Gasteiger partial charge in [0.2, 0.25) is 5.95 Å². The third-order valence-corrected chi connectivity index (χ3v) is 6.04. The van der Waals surface area contributed by atoms with Crippen LogP contribution in [0.2, 0.25) is 0 Å². The summed E-state index contributed by atoms with van der Waals surface area (Å²) < 4.78 is 2.34. The molecular weight excluding hydrogens is 260 g/mol. The molecule has 0 unspecified atom stereocenters. The summed E-state index contributed by atoms with van der Waals surface area (Å²) in [6.07, 6.45) is 14.4. The molecule has 1 N–H and O–H groups in total. The second-order valence-corrected chi connectivity index (χ2v) is 7.32. The van der Waals surface area contributed by atoms with Crippen molar-refractivity contribution in [3.05, 3.63) is 5.82 Å². The molecule has 0 amide bonds. The zero-order chi connectivity index (χ0) is 14.3. The van der Waals surface area contributed by atoms with E-state index in [0.29, 0.717) is 6.04 Å². The van der Waals surface area contributed by atoms with E-state index in [1.165, 1.54) is 57.8 Å². The Labute approximate surface area is 127 Å². The van der Waals surface area contributed by atoms with Crippen molar-refractivity contribution in [1.29, 1.82) is 0 Å².